The molecule has 1 unspecified atom stereocenters. The minimum absolute atomic E-state index is 0.174. The Morgan fingerprint density at radius 2 is 1.83 bits per heavy atom. The first-order valence-corrected chi connectivity index (χ1v) is 13.0. The summed E-state index contributed by atoms with van der Waals surface area (Å²) in [5.41, 5.74) is 4.25. The van der Waals surface area contributed by atoms with Crippen molar-refractivity contribution >= 4 is 56.7 Å². The van der Waals surface area contributed by atoms with Crippen LogP contribution in [0.4, 0.5) is 5.13 Å². The molecule has 5 aromatic rings. The van der Waals surface area contributed by atoms with Gasteiger partial charge in [0.15, 0.2) is 15.9 Å². The van der Waals surface area contributed by atoms with Crippen molar-refractivity contribution < 1.29 is 14.3 Å². The molecule has 0 radical (unpaired) electrons. The van der Waals surface area contributed by atoms with Crippen LogP contribution in [0.2, 0.25) is 0 Å². The molecule has 0 aliphatic carbocycles. The number of aromatic nitrogens is 4. The van der Waals surface area contributed by atoms with Crippen LogP contribution < -0.4 is 5.32 Å². The van der Waals surface area contributed by atoms with E-state index >= 15 is 0 Å². The van der Waals surface area contributed by atoms with Crippen LogP contribution in [-0.4, -0.2) is 36.7 Å². The Bertz CT molecular complexity index is 1580. The number of thioether (sulfide) groups is 1. The average Bonchev–Trinajstić information content (AvgIpc) is 3.46. The van der Waals surface area contributed by atoms with E-state index in [0.29, 0.717) is 20.9 Å². The van der Waals surface area contributed by atoms with E-state index in [2.05, 4.69) is 26.6 Å². The van der Waals surface area contributed by atoms with Gasteiger partial charge in [0.25, 0.3) is 0 Å². The Hall–Kier alpha value is -3.76. The molecule has 2 aromatic carbocycles. The first kappa shape index (κ1) is 24.0. The Morgan fingerprint density at radius 1 is 1.08 bits per heavy atom. The summed E-state index contributed by atoms with van der Waals surface area (Å²) >= 11 is 2.42. The molecule has 0 saturated heterocycles. The third-order valence-corrected chi connectivity index (χ3v) is 7.75. The molecule has 1 atom stereocenters. The second-order valence-electron chi connectivity index (χ2n) is 8.27. The maximum atomic E-state index is 13.0. The molecule has 3 heterocycles. The molecule has 8 nitrogen and oxygen atoms in total. The second-order valence-corrected chi connectivity index (χ2v) is 10.6. The third-order valence-electron chi connectivity index (χ3n) is 5.65. The number of hydrogen-bond acceptors (Lipinski definition) is 8. The number of ether oxygens (including phenoxy) is 1. The number of anilines is 1. The van der Waals surface area contributed by atoms with Crippen LogP contribution in [0.3, 0.4) is 0 Å². The number of para-hydroxylation sites is 1. The molecule has 0 saturated carbocycles. The van der Waals surface area contributed by atoms with Crippen molar-refractivity contribution in [3.63, 3.8) is 0 Å². The summed E-state index contributed by atoms with van der Waals surface area (Å²) in [5, 5.41) is 13.1. The summed E-state index contributed by atoms with van der Waals surface area (Å²) in [4.78, 5) is 30.2. The SMILES string of the molecule is Cc1nc(NC(=O)C(C)Sc2nnc3cc(C)c4ccccc4n23)sc1C(=O)OCc1ccccc1. The highest BCUT2D eigenvalue weighted by Gasteiger charge is 2.22. The van der Waals surface area contributed by atoms with Crippen molar-refractivity contribution in [3.05, 3.63) is 82.4 Å². The zero-order chi connectivity index (χ0) is 25.2. The van der Waals surface area contributed by atoms with Gasteiger partial charge in [0, 0.05) is 5.39 Å². The Labute approximate surface area is 215 Å². The second kappa shape index (κ2) is 10.1. The fraction of sp³-hybridized carbons (Fsp3) is 0.192. The number of thiazole rings is 1. The van der Waals surface area contributed by atoms with Gasteiger partial charge in [-0.25, -0.2) is 9.78 Å². The Kier molecular flexibility index (Phi) is 6.71. The minimum Gasteiger partial charge on any atom is -0.457 e. The molecule has 0 aliphatic heterocycles. The maximum Gasteiger partial charge on any atom is 0.350 e. The topological polar surface area (TPSA) is 98.5 Å². The fourth-order valence-electron chi connectivity index (χ4n) is 3.80. The summed E-state index contributed by atoms with van der Waals surface area (Å²) < 4.78 is 7.38. The van der Waals surface area contributed by atoms with E-state index in [0.717, 1.165) is 39.0 Å². The number of nitrogens with one attached hydrogen (secondary N) is 1. The predicted molar refractivity (Wildman–Crippen MR) is 142 cm³/mol. The standard InChI is InChI=1S/C26H23N5O3S2/c1-15-13-21-29-30-26(31(21)20-12-8-7-11-19(15)20)35-17(3)23(32)28-25-27-16(2)22(36-25)24(33)34-14-18-9-5-4-6-10-18/h4-13,17H,14H2,1-3H3,(H,27,28,32). The molecular weight excluding hydrogens is 494 g/mol. The van der Waals surface area contributed by atoms with Crippen LogP contribution in [0, 0.1) is 13.8 Å². The van der Waals surface area contributed by atoms with Gasteiger partial charge < -0.3 is 10.1 Å². The van der Waals surface area contributed by atoms with Crippen LogP contribution in [0.5, 0.6) is 0 Å². The quantitative estimate of drug-likeness (QED) is 0.227. The zero-order valence-electron chi connectivity index (χ0n) is 19.9. The molecule has 0 spiro atoms. The number of nitrogens with zero attached hydrogens (tertiary/aromatic N) is 4. The Morgan fingerprint density at radius 3 is 2.64 bits per heavy atom. The Balaban J connectivity index is 1.28. The van der Waals surface area contributed by atoms with Crippen molar-refractivity contribution in [1.29, 1.82) is 0 Å². The van der Waals surface area contributed by atoms with E-state index in [1.54, 1.807) is 13.8 Å². The third kappa shape index (κ3) is 4.82. The van der Waals surface area contributed by atoms with Crippen LogP contribution in [-0.2, 0) is 16.1 Å². The van der Waals surface area contributed by atoms with Gasteiger partial charge in [-0.2, -0.15) is 0 Å². The number of fused-ring (bicyclic) bond motifs is 3. The fourth-order valence-corrected chi connectivity index (χ4v) is 5.53. The number of esters is 1. The van der Waals surface area contributed by atoms with Crippen molar-refractivity contribution in [2.75, 3.05) is 5.32 Å². The maximum absolute atomic E-state index is 13.0. The lowest BCUT2D eigenvalue weighted by Gasteiger charge is -2.11. The number of carbonyl (C=O) groups excluding carboxylic acids is 2. The van der Waals surface area contributed by atoms with Crippen LogP contribution in [0.25, 0.3) is 16.6 Å². The lowest BCUT2D eigenvalue weighted by atomic mass is 10.1. The van der Waals surface area contributed by atoms with Gasteiger partial charge in [-0.3, -0.25) is 9.20 Å². The van der Waals surface area contributed by atoms with E-state index in [1.165, 1.54) is 11.8 Å². The number of benzene rings is 2. The lowest BCUT2D eigenvalue weighted by Crippen LogP contribution is -2.22. The first-order chi connectivity index (χ1) is 17.4. The van der Waals surface area contributed by atoms with Crippen molar-refractivity contribution in [2.45, 2.75) is 37.8 Å². The summed E-state index contributed by atoms with van der Waals surface area (Å²) in [6, 6.07) is 19.5. The number of rotatable bonds is 7. The summed E-state index contributed by atoms with van der Waals surface area (Å²) in [7, 11) is 0. The molecule has 36 heavy (non-hydrogen) atoms. The largest absolute Gasteiger partial charge is 0.457 e. The van der Waals surface area contributed by atoms with Gasteiger partial charge in [-0.1, -0.05) is 71.6 Å². The predicted octanol–water partition coefficient (Wildman–Crippen LogP) is 5.43. The number of hydrogen-bond donors (Lipinski definition) is 1. The number of amides is 1. The summed E-state index contributed by atoms with van der Waals surface area (Å²) in [6.45, 7) is 5.74. The molecule has 1 N–H and O–H groups in total. The monoisotopic (exact) mass is 517 g/mol. The van der Waals surface area contributed by atoms with Crippen LogP contribution in [0.1, 0.15) is 33.4 Å². The molecule has 1 amide bonds. The van der Waals surface area contributed by atoms with Crippen molar-refractivity contribution in [2.24, 2.45) is 0 Å². The molecule has 182 valence electrons. The highest BCUT2D eigenvalue weighted by Crippen LogP contribution is 2.29. The molecule has 0 fully saturated rings. The van der Waals surface area contributed by atoms with E-state index in [1.807, 2.05) is 65.9 Å². The smallest absolute Gasteiger partial charge is 0.350 e. The molecule has 3 aromatic heterocycles. The van der Waals surface area contributed by atoms with Crippen molar-refractivity contribution in [1.82, 2.24) is 19.6 Å². The van der Waals surface area contributed by atoms with Crippen LogP contribution in [0.15, 0.2) is 65.8 Å². The van der Waals surface area contributed by atoms with Crippen LogP contribution >= 0.6 is 23.1 Å². The molecular formula is C26H23N5O3S2. The average molecular weight is 518 g/mol. The number of pyridine rings is 1. The van der Waals surface area contributed by atoms with Gasteiger partial charge in [0.05, 0.1) is 16.5 Å². The minimum atomic E-state index is -0.477. The lowest BCUT2D eigenvalue weighted by molar-refractivity contribution is -0.115. The number of carbonyl (C=O) groups is 2. The molecule has 10 heteroatoms. The number of aryl methyl sites for hydroxylation is 2. The van der Waals surface area contributed by atoms with E-state index in [-0.39, 0.29) is 12.5 Å². The normalized spacial score (nSPS) is 12.1. The van der Waals surface area contributed by atoms with Gasteiger partial charge in [0.1, 0.15) is 11.5 Å². The van der Waals surface area contributed by atoms with Crippen molar-refractivity contribution in [3.8, 4) is 0 Å². The summed E-state index contributed by atoms with van der Waals surface area (Å²) in [6.07, 6.45) is 0. The van der Waals surface area contributed by atoms with Gasteiger partial charge in [-0.05, 0) is 44.0 Å². The van der Waals surface area contributed by atoms with Gasteiger partial charge >= 0.3 is 5.97 Å². The highest BCUT2D eigenvalue weighted by atomic mass is 32.2. The van der Waals surface area contributed by atoms with E-state index < -0.39 is 11.2 Å². The van der Waals surface area contributed by atoms with E-state index in [9.17, 15) is 9.59 Å². The highest BCUT2D eigenvalue weighted by molar-refractivity contribution is 8.00. The first-order valence-electron chi connectivity index (χ1n) is 11.3. The van der Waals surface area contributed by atoms with Gasteiger partial charge in [-0.15, -0.1) is 10.2 Å². The van der Waals surface area contributed by atoms with Gasteiger partial charge in [0.2, 0.25) is 5.91 Å². The summed E-state index contributed by atoms with van der Waals surface area (Å²) in [5.74, 6) is -0.708. The molecule has 0 aliphatic rings. The molecule has 0 bridgehead atoms. The zero-order valence-corrected chi connectivity index (χ0v) is 21.5. The molecule has 5 rings (SSSR count). The van der Waals surface area contributed by atoms with E-state index in [4.69, 9.17) is 4.74 Å².